The van der Waals surface area contributed by atoms with Crippen LogP contribution >= 0.6 is 15.9 Å². The van der Waals surface area contributed by atoms with Crippen molar-refractivity contribution in [1.82, 2.24) is 14.8 Å². The first-order valence-corrected chi connectivity index (χ1v) is 8.52. The molecule has 0 aliphatic heterocycles. The van der Waals surface area contributed by atoms with Crippen molar-refractivity contribution in [2.24, 2.45) is 0 Å². The molecule has 0 bridgehead atoms. The molecule has 1 saturated carbocycles. The van der Waals surface area contributed by atoms with Gasteiger partial charge >= 0.3 is 6.09 Å². The van der Waals surface area contributed by atoms with E-state index in [2.05, 4.69) is 26.0 Å². The zero-order valence-corrected chi connectivity index (χ0v) is 14.4. The molecule has 1 aliphatic rings. The lowest BCUT2D eigenvalue weighted by molar-refractivity contribution is 0.109. The van der Waals surface area contributed by atoms with E-state index in [4.69, 9.17) is 0 Å². The Balaban J connectivity index is 2.03. The van der Waals surface area contributed by atoms with Gasteiger partial charge in [0.1, 0.15) is 10.4 Å². The number of aromatic nitrogens is 3. The molecule has 1 fully saturated rings. The van der Waals surface area contributed by atoms with Crippen LogP contribution in [0, 0.1) is 0 Å². The zero-order chi connectivity index (χ0) is 16.6. The van der Waals surface area contributed by atoms with E-state index >= 15 is 0 Å². The smallest absolute Gasteiger partial charge is 0.412 e. The summed E-state index contributed by atoms with van der Waals surface area (Å²) in [6, 6.07) is 1.98. The lowest BCUT2D eigenvalue weighted by Crippen LogP contribution is -2.29. The Kier molecular flexibility index (Phi) is 4.54. The predicted octanol–water partition coefficient (Wildman–Crippen LogP) is 3.17. The molecule has 0 radical (unpaired) electrons. The highest BCUT2D eigenvalue weighted by Gasteiger charge is 2.24. The Morgan fingerprint density at radius 3 is 2.74 bits per heavy atom. The Morgan fingerprint density at radius 1 is 1.43 bits per heavy atom. The second-order valence-electron chi connectivity index (χ2n) is 5.78. The standard InChI is InChI=1S/C15H19BrN4O3/c1-2-19(15(22)23)13-7-12-11(8-17-13)14(16)18-20(12)9-3-5-10(21)6-4-9/h7-10,21H,2-6H2,1H3,(H,22,23)/t9-,10-. The van der Waals surface area contributed by atoms with Gasteiger partial charge in [-0.25, -0.2) is 9.78 Å². The number of carbonyl (C=O) groups is 1. The number of anilines is 1. The number of nitrogens with zero attached hydrogens (tertiary/aromatic N) is 4. The van der Waals surface area contributed by atoms with Crippen LogP contribution in [0.4, 0.5) is 10.6 Å². The molecule has 0 saturated heterocycles. The summed E-state index contributed by atoms with van der Waals surface area (Å²) >= 11 is 3.45. The number of carboxylic acid groups (broad SMARTS) is 1. The first-order chi connectivity index (χ1) is 11.0. The van der Waals surface area contributed by atoms with E-state index in [1.165, 1.54) is 4.90 Å². The molecule has 8 heteroatoms. The van der Waals surface area contributed by atoms with Gasteiger partial charge in [0, 0.05) is 18.8 Å². The van der Waals surface area contributed by atoms with Gasteiger partial charge in [0.05, 0.1) is 23.0 Å². The predicted molar refractivity (Wildman–Crippen MR) is 89.8 cm³/mol. The fraction of sp³-hybridized carbons (Fsp3) is 0.533. The van der Waals surface area contributed by atoms with Gasteiger partial charge in [-0.3, -0.25) is 9.58 Å². The highest BCUT2D eigenvalue weighted by molar-refractivity contribution is 9.10. The SMILES string of the molecule is CCN(C(=O)O)c1cc2c(cn1)c(Br)nn2[C@H]1CC[C@H](O)CC1. The maximum atomic E-state index is 11.3. The van der Waals surface area contributed by atoms with Crippen LogP contribution in [-0.2, 0) is 0 Å². The quantitative estimate of drug-likeness (QED) is 0.850. The number of aliphatic hydroxyl groups excluding tert-OH is 1. The minimum atomic E-state index is -1.02. The molecule has 2 aromatic heterocycles. The van der Waals surface area contributed by atoms with Gasteiger partial charge in [0.15, 0.2) is 0 Å². The summed E-state index contributed by atoms with van der Waals surface area (Å²) in [5.41, 5.74) is 0.864. The van der Waals surface area contributed by atoms with Crippen LogP contribution in [0.1, 0.15) is 38.6 Å². The molecule has 7 nitrogen and oxygen atoms in total. The third-order valence-corrected chi connectivity index (χ3v) is 4.95. The van der Waals surface area contributed by atoms with Gasteiger partial charge in [0.25, 0.3) is 0 Å². The molecule has 124 valence electrons. The van der Waals surface area contributed by atoms with Crippen LogP contribution in [0.3, 0.4) is 0 Å². The summed E-state index contributed by atoms with van der Waals surface area (Å²) in [5.74, 6) is 0.400. The van der Waals surface area contributed by atoms with Gasteiger partial charge in [-0.15, -0.1) is 0 Å². The topological polar surface area (TPSA) is 91.5 Å². The molecule has 0 aromatic carbocycles. The van der Waals surface area contributed by atoms with E-state index in [9.17, 15) is 15.0 Å². The van der Waals surface area contributed by atoms with Crippen molar-refractivity contribution < 1.29 is 15.0 Å². The van der Waals surface area contributed by atoms with Crippen molar-refractivity contribution in [2.45, 2.75) is 44.8 Å². The number of pyridine rings is 1. The minimum Gasteiger partial charge on any atom is -0.465 e. The van der Waals surface area contributed by atoms with Crippen molar-refractivity contribution in [2.75, 3.05) is 11.4 Å². The molecule has 23 heavy (non-hydrogen) atoms. The first kappa shape index (κ1) is 16.2. The van der Waals surface area contributed by atoms with Crippen molar-refractivity contribution in [1.29, 1.82) is 0 Å². The first-order valence-electron chi connectivity index (χ1n) is 7.73. The number of fused-ring (bicyclic) bond motifs is 1. The van der Waals surface area contributed by atoms with Crippen LogP contribution in [-0.4, -0.2) is 43.7 Å². The van der Waals surface area contributed by atoms with E-state index in [-0.39, 0.29) is 12.1 Å². The summed E-state index contributed by atoms with van der Waals surface area (Å²) in [6.07, 6.45) is 3.65. The maximum absolute atomic E-state index is 11.3. The van der Waals surface area contributed by atoms with Crippen molar-refractivity contribution in [3.63, 3.8) is 0 Å². The Morgan fingerprint density at radius 2 is 2.13 bits per heavy atom. The number of halogens is 1. The van der Waals surface area contributed by atoms with Gasteiger partial charge in [0.2, 0.25) is 0 Å². The van der Waals surface area contributed by atoms with Crippen LogP contribution in [0.2, 0.25) is 0 Å². The summed E-state index contributed by atoms with van der Waals surface area (Å²) in [4.78, 5) is 16.8. The van der Waals surface area contributed by atoms with E-state index in [0.717, 1.165) is 36.6 Å². The summed E-state index contributed by atoms with van der Waals surface area (Å²) in [7, 11) is 0. The van der Waals surface area contributed by atoms with Crippen molar-refractivity contribution in [3.8, 4) is 0 Å². The largest absolute Gasteiger partial charge is 0.465 e. The molecular formula is C15H19BrN4O3. The Hall–Kier alpha value is -1.67. The summed E-state index contributed by atoms with van der Waals surface area (Å²) in [6.45, 7) is 2.11. The lowest BCUT2D eigenvalue weighted by atomic mass is 9.93. The monoisotopic (exact) mass is 382 g/mol. The fourth-order valence-corrected chi connectivity index (χ4v) is 3.59. The highest BCUT2D eigenvalue weighted by atomic mass is 79.9. The van der Waals surface area contributed by atoms with Crippen LogP contribution in [0.15, 0.2) is 16.9 Å². The van der Waals surface area contributed by atoms with Crippen molar-refractivity contribution >= 4 is 38.7 Å². The molecule has 0 atom stereocenters. The third kappa shape index (κ3) is 3.05. The summed E-state index contributed by atoms with van der Waals surface area (Å²) < 4.78 is 2.64. The summed E-state index contributed by atoms with van der Waals surface area (Å²) in [5, 5.41) is 24.4. The molecule has 1 amide bonds. The fourth-order valence-electron chi connectivity index (χ4n) is 3.11. The zero-order valence-electron chi connectivity index (χ0n) is 12.8. The van der Waals surface area contributed by atoms with E-state index in [0.29, 0.717) is 17.0 Å². The number of hydrogen-bond acceptors (Lipinski definition) is 4. The number of aliphatic hydroxyl groups is 1. The molecule has 3 rings (SSSR count). The average molecular weight is 383 g/mol. The minimum absolute atomic E-state index is 0.211. The lowest BCUT2D eigenvalue weighted by Gasteiger charge is -2.26. The number of hydrogen-bond donors (Lipinski definition) is 2. The van der Waals surface area contributed by atoms with Crippen LogP contribution in [0.25, 0.3) is 10.9 Å². The van der Waals surface area contributed by atoms with E-state index in [1.807, 2.05) is 4.68 Å². The molecule has 1 aliphatic carbocycles. The number of rotatable bonds is 3. The normalized spacial score (nSPS) is 21.5. The van der Waals surface area contributed by atoms with E-state index < -0.39 is 6.09 Å². The Bertz CT molecular complexity index is 725. The average Bonchev–Trinajstić information content (AvgIpc) is 2.85. The maximum Gasteiger partial charge on any atom is 0.412 e. The molecular weight excluding hydrogens is 364 g/mol. The van der Waals surface area contributed by atoms with Crippen LogP contribution in [0.5, 0.6) is 0 Å². The van der Waals surface area contributed by atoms with Gasteiger partial charge < -0.3 is 10.2 Å². The van der Waals surface area contributed by atoms with Crippen LogP contribution < -0.4 is 4.90 Å². The van der Waals surface area contributed by atoms with Gasteiger partial charge in [-0.05, 0) is 48.5 Å². The third-order valence-electron chi connectivity index (χ3n) is 4.37. The molecule has 0 unspecified atom stereocenters. The number of amides is 1. The molecule has 2 N–H and O–H groups in total. The molecule has 0 spiro atoms. The van der Waals surface area contributed by atoms with Crippen molar-refractivity contribution in [3.05, 3.63) is 16.9 Å². The second kappa shape index (κ2) is 6.45. The molecule has 2 aromatic rings. The van der Waals surface area contributed by atoms with E-state index in [1.54, 1.807) is 19.2 Å². The van der Waals surface area contributed by atoms with Gasteiger partial charge in [-0.1, -0.05) is 0 Å². The van der Waals surface area contributed by atoms with Gasteiger partial charge in [-0.2, -0.15) is 5.10 Å². The second-order valence-corrected chi connectivity index (χ2v) is 6.54. The Labute approximate surface area is 142 Å². The molecule has 2 heterocycles. The highest BCUT2D eigenvalue weighted by Crippen LogP contribution is 2.34.